The van der Waals surface area contributed by atoms with Gasteiger partial charge in [0.2, 0.25) is 5.90 Å². The summed E-state index contributed by atoms with van der Waals surface area (Å²) in [6, 6.07) is 22.3. The predicted molar refractivity (Wildman–Crippen MR) is 132 cm³/mol. The van der Waals surface area contributed by atoms with Gasteiger partial charge in [0, 0.05) is 12.0 Å². The fourth-order valence-corrected chi connectivity index (χ4v) is 3.56. The number of para-hydroxylation sites is 1. The lowest BCUT2D eigenvalue weighted by Gasteiger charge is -2.15. The molecule has 0 radical (unpaired) electrons. The van der Waals surface area contributed by atoms with Gasteiger partial charge in [-0.1, -0.05) is 48.0 Å². The third-order valence-corrected chi connectivity index (χ3v) is 5.10. The fourth-order valence-electron chi connectivity index (χ4n) is 3.29. The summed E-state index contributed by atoms with van der Waals surface area (Å²) in [5.74, 6) is 1.51. The van der Waals surface area contributed by atoms with Gasteiger partial charge >= 0.3 is 5.97 Å². The highest BCUT2D eigenvalue weighted by Gasteiger charge is 2.24. The first-order chi connectivity index (χ1) is 16.6. The molecule has 1 aliphatic rings. The van der Waals surface area contributed by atoms with Crippen molar-refractivity contribution in [2.75, 3.05) is 19.8 Å². The number of nitrogens with zero attached hydrogens (tertiary/aromatic N) is 1. The van der Waals surface area contributed by atoms with Crippen LogP contribution in [0.3, 0.4) is 0 Å². The third-order valence-electron chi connectivity index (χ3n) is 4.82. The Bertz CT molecular complexity index is 1190. The molecule has 6 nitrogen and oxygen atoms in total. The molecule has 3 aromatic carbocycles. The van der Waals surface area contributed by atoms with E-state index in [0.29, 0.717) is 48.3 Å². The molecule has 0 bridgehead atoms. The Balaban J connectivity index is 1.45. The summed E-state index contributed by atoms with van der Waals surface area (Å²) in [7, 11) is 0. The molecule has 174 valence electrons. The summed E-state index contributed by atoms with van der Waals surface area (Å²) in [5.41, 5.74) is 1.56. The van der Waals surface area contributed by atoms with E-state index in [2.05, 4.69) is 4.99 Å². The van der Waals surface area contributed by atoms with E-state index >= 15 is 0 Å². The molecule has 0 saturated heterocycles. The molecule has 0 aromatic heterocycles. The van der Waals surface area contributed by atoms with Gasteiger partial charge in [-0.25, -0.2) is 9.79 Å². The summed E-state index contributed by atoms with van der Waals surface area (Å²) in [5, 5.41) is 0.375. The van der Waals surface area contributed by atoms with E-state index < -0.39 is 5.97 Å². The second kappa shape index (κ2) is 11.4. The number of hydrogen-bond donors (Lipinski definition) is 0. The molecule has 34 heavy (non-hydrogen) atoms. The van der Waals surface area contributed by atoms with E-state index in [1.807, 2.05) is 67.6 Å². The number of rotatable bonds is 10. The lowest BCUT2D eigenvalue weighted by atomic mass is 10.1. The number of ether oxygens (including phenoxy) is 4. The largest absolute Gasteiger partial charge is 0.493 e. The minimum absolute atomic E-state index is 0.184. The molecule has 0 atom stereocenters. The van der Waals surface area contributed by atoms with Crippen LogP contribution in [0.15, 0.2) is 83.5 Å². The summed E-state index contributed by atoms with van der Waals surface area (Å²) in [6.45, 7) is 3.23. The van der Waals surface area contributed by atoms with Gasteiger partial charge in [-0.05, 0) is 55.0 Å². The Morgan fingerprint density at radius 2 is 1.65 bits per heavy atom. The number of hydrogen-bond acceptors (Lipinski definition) is 6. The minimum Gasteiger partial charge on any atom is -0.493 e. The first-order valence-electron chi connectivity index (χ1n) is 11.0. The van der Waals surface area contributed by atoms with Gasteiger partial charge in [-0.15, -0.1) is 0 Å². The molecule has 1 aliphatic heterocycles. The average Bonchev–Trinajstić information content (AvgIpc) is 3.22. The number of carbonyl (C=O) groups excluding carboxylic acids is 1. The SMILES string of the molecule is CCOc1cc(/C=C2/N=C(c3ccccc3)OC2=O)cc(Cl)c1OCCCOc1ccccc1. The molecule has 0 unspecified atom stereocenters. The van der Waals surface area contributed by atoms with Crippen molar-refractivity contribution in [2.24, 2.45) is 4.99 Å². The summed E-state index contributed by atoms with van der Waals surface area (Å²) in [6.07, 6.45) is 2.29. The number of cyclic esters (lactones) is 1. The molecule has 0 amide bonds. The van der Waals surface area contributed by atoms with Crippen LogP contribution in [0.25, 0.3) is 6.08 Å². The van der Waals surface area contributed by atoms with E-state index in [1.165, 1.54) is 0 Å². The van der Waals surface area contributed by atoms with Crippen LogP contribution in [0.1, 0.15) is 24.5 Å². The molecule has 7 heteroatoms. The number of aliphatic imine (C=N–C) groups is 1. The highest BCUT2D eigenvalue weighted by molar-refractivity contribution is 6.32. The highest BCUT2D eigenvalue weighted by Crippen LogP contribution is 2.37. The van der Waals surface area contributed by atoms with E-state index in [-0.39, 0.29) is 11.6 Å². The zero-order chi connectivity index (χ0) is 23.8. The summed E-state index contributed by atoms with van der Waals surface area (Å²) in [4.78, 5) is 16.7. The smallest absolute Gasteiger partial charge is 0.363 e. The zero-order valence-electron chi connectivity index (χ0n) is 18.7. The van der Waals surface area contributed by atoms with Crippen LogP contribution >= 0.6 is 11.6 Å². The third kappa shape index (κ3) is 5.97. The average molecular weight is 478 g/mol. The number of benzene rings is 3. The van der Waals surface area contributed by atoms with Crippen molar-refractivity contribution in [1.29, 1.82) is 0 Å². The molecule has 0 aliphatic carbocycles. The Morgan fingerprint density at radius 1 is 0.941 bits per heavy atom. The number of esters is 1. The molecular weight excluding hydrogens is 454 g/mol. The first kappa shape index (κ1) is 23.4. The summed E-state index contributed by atoms with van der Waals surface area (Å²) < 4.78 is 22.6. The van der Waals surface area contributed by atoms with Crippen LogP contribution in [-0.4, -0.2) is 31.7 Å². The van der Waals surface area contributed by atoms with E-state index in [4.69, 9.17) is 30.5 Å². The molecular formula is C27H24ClNO5. The van der Waals surface area contributed by atoms with Crippen LogP contribution in [0.2, 0.25) is 5.02 Å². The van der Waals surface area contributed by atoms with Gasteiger partial charge < -0.3 is 18.9 Å². The lowest BCUT2D eigenvalue weighted by Crippen LogP contribution is -2.07. The van der Waals surface area contributed by atoms with E-state index in [0.717, 1.165) is 11.3 Å². The standard InChI is InChI=1S/C27H24ClNO5/c1-2-31-24-18-19(17-23-27(30)34-26(29-23)20-10-5-3-6-11-20)16-22(28)25(24)33-15-9-14-32-21-12-7-4-8-13-21/h3-8,10-13,16-18H,2,9,14-15H2,1H3/b23-17+. The monoisotopic (exact) mass is 477 g/mol. The van der Waals surface area contributed by atoms with Gasteiger partial charge in [-0.3, -0.25) is 0 Å². The van der Waals surface area contributed by atoms with Crippen molar-refractivity contribution in [3.05, 3.63) is 94.6 Å². The molecule has 0 spiro atoms. The van der Waals surface area contributed by atoms with Crippen molar-refractivity contribution in [2.45, 2.75) is 13.3 Å². The Hall–Kier alpha value is -3.77. The van der Waals surface area contributed by atoms with Crippen molar-refractivity contribution in [3.63, 3.8) is 0 Å². The lowest BCUT2D eigenvalue weighted by molar-refractivity contribution is -0.129. The maximum absolute atomic E-state index is 12.3. The molecule has 0 fully saturated rings. The number of halogens is 1. The van der Waals surface area contributed by atoms with E-state index in [1.54, 1.807) is 18.2 Å². The molecule has 4 rings (SSSR count). The molecule has 1 heterocycles. The number of carbonyl (C=O) groups is 1. The normalized spacial score (nSPS) is 14.0. The minimum atomic E-state index is -0.522. The van der Waals surface area contributed by atoms with Crippen LogP contribution in [0, 0.1) is 0 Å². The Kier molecular flexibility index (Phi) is 7.83. The van der Waals surface area contributed by atoms with Gasteiger partial charge in [-0.2, -0.15) is 0 Å². The van der Waals surface area contributed by atoms with Crippen LogP contribution in [-0.2, 0) is 9.53 Å². The van der Waals surface area contributed by atoms with Crippen LogP contribution < -0.4 is 14.2 Å². The van der Waals surface area contributed by atoms with Gasteiger partial charge in [0.15, 0.2) is 17.2 Å². The molecule has 0 saturated carbocycles. The Morgan fingerprint density at radius 3 is 2.38 bits per heavy atom. The zero-order valence-corrected chi connectivity index (χ0v) is 19.5. The van der Waals surface area contributed by atoms with Crippen LogP contribution in [0.4, 0.5) is 0 Å². The maximum Gasteiger partial charge on any atom is 0.363 e. The first-order valence-corrected chi connectivity index (χ1v) is 11.4. The van der Waals surface area contributed by atoms with Gasteiger partial charge in [0.25, 0.3) is 0 Å². The van der Waals surface area contributed by atoms with Crippen molar-refractivity contribution < 1.29 is 23.7 Å². The summed E-state index contributed by atoms with van der Waals surface area (Å²) >= 11 is 6.51. The second-order valence-corrected chi connectivity index (χ2v) is 7.74. The molecule has 3 aromatic rings. The Labute approximate surface area is 203 Å². The van der Waals surface area contributed by atoms with Gasteiger partial charge in [0.05, 0.1) is 24.8 Å². The maximum atomic E-state index is 12.3. The van der Waals surface area contributed by atoms with Crippen molar-refractivity contribution >= 4 is 29.5 Å². The second-order valence-electron chi connectivity index (χ2n) is 7.33. The fraction of sp³-hybridized carbons (Fsp3) is 0.185. The quantitative estimate of drug-likeness (QED) is 0.206. The topological polar surface area (TPSA) is 66.4 Å². The predicted octanol–water partition coefficient (Wildman–Crippen LogP) is 5.93. The van der Waals surface area contributed by atoms with Crippen molar-refractivity contribution in [1.82, 2.24) is 0 Å². The van der Waals surface area contributed by atoms with Crippen LogP contribution in [0.5, 0.6) is 17.2 Å². The molecule has 0 N–H and O–H groups in total. The van der Waals surface area contributed by atoms with Crippen molar-refractivity contribution in [3.8, 4) is 17.2 Å². The van der Waals surface area contributed by atoms with Gasteiger partial charge in [0.1, 0.15) is 5.75 Å². The van der Waals surface area contributed by atoms with E-state index in [9.17, 15) is 4.79 Å². The highest BCUT2D eigenvalue weighted by atomic mass is 35.5.